The van der Waals surface area contributed by atoms with Crippen molar-refractivity contribution in [3.05, 3.63) is 41.5 Å². The summed E-state index contributed by atoms with van der Waals surface area (Å²) in [5.74, 6) is 1.02. The molecule has 4 unspecified atom stereocenters. The average molecular weight is 494 g/mol. The summed E-state index contributed by atoms with van der Waals surface area (Å²) >= 11 is 0. The highest BCUT2D eigenvalue weighted by Gasteiger charge is 2.40. The Balaban J connectivity index is 1.60. The lowest BCUT2D eigenvalue weighted by Gasteiger charge is -2.40. The summed E-state index contributed by atoms with van der Waals surface area (Å²) in [4.78, 5) is 18.1. The van der Waals surface area contributed by atoms with E-state index in [4.69, 9.17) is 4.74 Å². The third-order valence-corrected chi connectivity index (χ3v) is 8.43. The van der Waals surface area contributed by atoms with Gasteiger partial charge in [0, 0.05) is 49.7 Å². The highest BCUT2D eigenvalue weighted by Crippen LogP contribution is 2.51. The number of carbonyl (C=O) groups excluding carboxylic acids is 1. The van der Waals surface area contributed by atoms with E-state index < -0.39 is 5.41 Å². The molecule has 2 heterocycles. The third-order valence-electron chi connectivity index (χ3n) is 8.43. The van der Waals surface area contributed by atoms with Crippen molar-refractivity contribution < 1.29 is 19.7 Å². The monoisotopic (exact) mass is 494 g/mol. The lowest BCUT2D eigenvalue weighted by Crippen LogP contribution is -2.44. The van der Waals surface area contributed by atoms with Crippen LogP contribution >= 0.6 is 0 Å². The molecule has 2 N–H and O–H groups in total. The van der Waals surface area contributed by atoms with E-state index in [1.54, 1.807) is 0 Å². The van der Waals surface area contributed by atoms with E-state index in [0.29, 0.717) is 23.1 Å². The van der Waals surface area contributed by atoms with Crippen molar-refractivity contribution in [1.82, 2.24) is 9.80 Å². The first-order valence-electron chi connectivity index (χ1n) is 13.7. The highest BCUT2D eigenvalue weighted by atomic mass is 16.5. The zero-order valence-corrected chi connectivity index (χ0v) is 22.5. The summed E-state index contributed by atoms with van der Waals surface area (Å²) < 4.78 is 5.24. The Morgan fingerprint density at radius 3 is 2.36 bits per heavy atom. The number of aromatic hydroxyl groups is 2. The van der Waals surface area contributed by atoms with Gasteiger partial charge in [-0.05, 0) is 48.8 Å². The molecular formula is C29H43BN2O4. The number of carbonyl (C=O) groups is 1. The van der Waals surface area contributed by atoms with Gasteiger partial charge in [0.1, 0.15) is 24.5 Å². The van der Waals surface area contributed by atoms with Crippen LogP contribution in [0.2, 0.25) is 12.6 Å². The molecular weight excluding hydrogens is 451 g/mol. The second kappa shape index (κ2) is 11.3. The molecule has 2 fully saturated rings. The van der Waals surface area contributed by atoms with Gasteiger partial charge in [0.15, 0.2) is 0 Å². The van der Waals surface area contributed by atoms with Crippen molar-refractivity contribution in [2.45, 2.75) is 58.6 Å². The van der Waals surface area contributed by atoms with E-state index in [9.17, 15) is 15.0 Å². The number of methoxy groups -OCH3 is 1. The second-order valence-electron chi connectivity index (χ2n) is 11.7. The minimum Gasteiger partial charge on any atom is -0.507 e. The van der Waals surface area contributed by atoms with Crippen LogP contribution in [0.5, 0.6) is 17.2 Å². The van der Waals surface area contributed by atoms with Crippen LogP contribution in [0, 0.1) is 17.3 Å². The van der Waals surface area contributed by atoms with Crippen LogP contribution in [0.4, 0.5) is 0 Å². The number of piperidine rings is 1. The Kier molecular flexibility index (Phi) is 8.39. The molecule has 3 aliphatic rings. The molecule has 0 radical (unpaired) electrons. The van der Waals surface area contributed by atoms with Gasteiger partial charge >= 0.3 is 0 Å². The molecule has 1 aromatic rings. The fraction of sp³-hybridized carbons (Fsp3) is 0.621. The zero-order chi connectivity index (χ0) is 25.9. The van der Waals surface area contributed by atoms with Gasteiger partial charge in [0.25, 0.3) is 0 Å². The maximum absolute atomic E-state index is 13.6. The van der Waals surface area contributed by atoms with Gasteiger partial charge < -0.3 is 24.7 Å². The molecule has 196 valence electrons. The van der Waals surface area contributed by atoms with Crippen molar-refractivity contribution in [3.8, 4) is 17.2 Å². The average Bonchev–Trinajstić information content (AvgIpc) is 2.84. The molecule has 36 heavy (non-hydrogen) atoms. The smallest absolute Gasteiger partial charge is 0.223 e. The normalized spacial score (nSPS) is 27.8. The number of nitrogens with zero attached hydrogens (tertiary/aromatic N) is 2. The molecule has 2 saturated heterocycles. The summed E-state index contributed by atoms with van der Waals surface area (Å²) in [6.07, 6.45) is 11.3. The molecule has 1 amide bonds. The number of rotatable bonds is 7. The molecule has 0 aromatic heterocycles. The van der Waals surface area contributed by atoms with Crippen molar-refractivity contribution >= 4 is 13.2 Å². The standard InChI is InChI=1S/C29H43BN2O4/c1-20-13-21(2)18-32(17-20)27(35)16-24(28-25(33)14-23(36-4)15-26(28)34)29(3)7-5-22(6-8-29)19-31-11-9-30-10-12-31/h5-7,14-15,20-21,24,30,33-34H,8-13,16-19H2,1-4H3. The van der Waals surface area contributed by atoms with E-state index >= 15 is 0 Å². The molecule has 0 bridgehead atoms. The first kappa shape index (κ1) is 26.7. The molecule has 0 spiro atoms. The molecule has 0 saturated carbocycles. The molecule has 1 aliphatic carbocycles. The summed E-state index contributed by atoms with van der Waals surface area (Å²) in [5.41, 5.74) is 1.32. The number of benzene rings is 1. The number of amides is 1. The SMILES string of the molecule is COc1cc(O)c(C(CC(=O)N2CC(C)CC(C)C2)C2(C)C=CC(CN3CCBCC3)=CC2)c(O)c1. The summed E-state index contributed by atoms with van der Waals surface area (Å²) in [6.45, 7) is 11.3. The summed E-state index contributed by atoms with van der Waals surface area (Å²) in [7, 11) is 2.83. The first-order valence-corrected chi connectivity index (χ1v) is 13.7. The van der Waals surface area contributed by atoms with E-state index in [1.165, 1.54) is 44.7 Å². The van der Waals surface area contributed by atoms with Crippen LogP contribution in [0.1, 0.15) is 51.5 Å². The number of hydrogen-bond acceptors (Lipinski definition) is 5. The minimum absolute atomic E-state index is 0.0252. The van der Waals surface area contributed by atoms with Crippen LogP contribution in [0.3, 0.4) is 0 Å². The van der Waals surface area contributed by atoms with E-state index in [0.717, 1.165) is 45.6 Å². The first-order chi connectivity index (χ1) is 17.2. The summed E-state index contributed by atoms with van der Waals surface area (Å²) in [6, 6.07) is 3.07. The van der Waals surface area contributed by atoms with Crippen molar-refractivity contribution in [2.75, 3.05) is 39.8 Å². The number of ether oxygens (including phenoxy) is 1. The van der Waals surface area contributed by atoms with Crippen LogP contribution in [-0.4, -0.2) is 73.0 Å². The molecule has 4 rings (SSSR count). The van der Waals surface area contributed by atoms with Crippen molar-refractivity contribution in [1.29, 1.82) is 0 Å². The van der Waals surface area contributed by atoms with Crippen LogP contribution < -0.4 is 4.74 Å². The van der Waals surface area contributed by atoms with Crippen LogP contribution in [0.25, 0.3) is 0 Å². The van der Waals surface area contributed by atoms with Gasteiger partial charge in [-0.3, -0.25) is 4.79 Å². The number of phenols is 2. The lowest BCUT2D eigenvalue weighted by molar-refractivity contribution is -0.134. The van der Waals surface area contributed by atoms with Crippen LogP contribution in [0.15, 0.2) is 35.9 Å². The van der Waals surface area contributed by atoms with Gasteiger partial charge in [-0.1, -0.05) is 51.6 Å². The Morgan fingerprint density at radius 1 is 1.17 bits per heavy atom. The lowest BCUT2D eigenvalue weighted by atomic mass is 9.66. The van der Waals surface area contributed by atoms with Gasteiger partial charge in [-0.2, -0.15) is 0 Å². The minimum atomic E-state index is -0.419. The number of phenolic OH excluding ortho intramolecular Hbond substituents is 2. The maximum atomic E-state index is 13.6. The van der Waals surface area contributed by atoms with Gasteiger partial charge in [-0.25, -0.2) is 0 Å². The van der Waals surface area contributed by atoms with Gasteiger partial charge in [0.05, 0.1) is 7.11 Å². The molecule has 7 heteroatoms. The van der Waals surface area contributed by atoms with Crippen molar-refractivity contribution in [3.63, 3.8) is 0 Å². The van der Waals surface area contributed by atoms with E-state index in [2.05, 4.69) is 43.9 Å². The Bertz CT molecular complexity index is 970. The third kappa shape index (κ3) is 6.11. The van der Waals surface area contributed by atoms with E-state index in [1.807, 2.05) is 4.90 Å². The fourth-order valence-corrected chi connectivity index (χ4v) is 6.44. The van der Waals surface area contributed by atoms with Gasteiger partial charge in [-0.15, -0.1) is 0 Å². The Labute approximate surface area is 217 Å². The van der Waals surface area contributed by atoms with E-state index in [-0.39, 0.29) is 29.7 Å². The molecule has 4 atom stereocenters. The molecule has 1 aromatic carbocycles. The highest BCUT2D eigenvalue weighted by molar-refractivity contribution is 6.35. The second-order valence-corrected chi connectivity index (χ2v) is 11.7. The van der Waals surface area contributed by atoms with Crippen LogP contribution in [-0.2, 0) is 4.79 Å². The predicted molar refractivity (Wildman–Crippen MR) is 146 cm³/mol. The van der Waals surface area contributed by atoms with Gasteiger partial charge in [0.2, 0.25) is 5.91 Å². The number of allylic oxidation sites excluding steroid dienone is 2. The van der Waals surface area contributed by atoms with Crippen molar-refractivity contribution in [2.24, 2.45) is 17.3 Å². The predicted octanol–water partition coefficient (Wildman–Crippen LogP) is 4.57. The quantitative estimate of drug-likeness (QED) is 0.544. The Morgan fingerprint density at radius 2 is 1.81 bits per heavy atom. The number of hydrogen-bond donors (Lipinski definition) is 2. The number of likely N-dealkylation sites (tertiary alicyclic amines) is 1. The molecule has 6 nitrogen and oxygen atoms in total. The Hall–Kier alpha value is -2.41. The zero-order valence-electron chi connectivity index (χ0n) is 22.5. The maximum Gasteiger partial charge on any atom is 0.223 e. The topological polar surface area (TPSA) is 73.2 Å². The largest absolute Gasteiger partial charge is 0.507 e. The molecule has 2 aliphatic heterocycles. The fourth-order valence-electron chi connectivity index (χ4n) is 6.44. The summed E-state index contributed by atoms with van der Waals surface area (Å²) in [5, 5.41) is 22.0.